The first-order valence-corrected chi connectivity index (χ1v) is 7.63. The summed E-state index contributed by atoms with van der Waals surface area (Å²) in [5.41, 5.74) is 4.13. The number of fused-ring (bicyclic) bond motifs is 1. The van der Waals surface area contributed by atoms with Crippen molar-refractivity contribution in [3.8, 4) is 11.3 Å². The molecule has 3 rings (SSSR count). The maximum Gasteiger partial charge on any atom is 0.123 e. The summed E-state index contributed by atoms with van der Waals surface area (Å²) in [7, 11) is 0. The smallest absolute Gasteiger partial charge is 0.123 e. The van der Waals surface area contributed by atoms with Gasteiger partial charge in [-0.25, -0.2) is 9.37 Å². The molecule has 0 radical (unpaired) electrons. The molecular formula is C17H13FINO. The van der Waals surface area contributed by atoms with Gasteiger partial charge in [-0.05, 0) is 71.0 Å². The van der Waals surface area contributed by atoms with Crippen LogP contribution in [-0.2, 0) is 6.61 Å². The standard InChI is InChI=1S/C17H13FINO/c1-10-15(9-21)14-8-12(18)4-7-16(14)20-17(10)11-2-5-13(19)6-3-11/h2-8,21H,9H2,1H3. The molecule has 0 atom stereocenters. The van der Waals surface area contributed by atoms with Gasteiger partial charge in [-0.15, -0.1) is 0 Å². The minimum absolute atomic E-state index is 0.133. The van der Waals surface area contributed by atoms with Crippen LogP contribution in [0.3, 0.4) is 0 Å². The van der Waals surface area contributed by atoms with E-state index in [1.54, 1.807) is 6.07 Å². The van der Waals surface area contributed by atoms with Crippen molar-refractivity contribution in [3.63, 3.8) is 0 Å². The first-order valence-electron chi connectivity index (χ1n) is 6.55. The lowest BCUT2D eigenvalue weighted by molar-refractivity contribution is 0.282. The number of hydrogen-bond donors (Lipinski definition) is 1. The zero-order valence-electron chi connectivity index (χ0n) is 11.4. The molecule has 2 nitrogen and oxygen atoms in total. The Hall–Kier alpha value is -1.53. The van der Waals surface area contributed by atoms with Gasteiger partial charge in [0.15, 0.2) is 0 Å². The Morgan fingerprint density at radius 2 is 1.86 bits per heavy atom. The monoisotopic (exact) mass is 393 g/mol. The van der Waals surface area contributed by atoms with Crippen molar-refractivity contribution in [2.45, 2.75) is 13.5 Å². The lowest BCUT2D eigenvalue weighted by atomic mass is 9.98. The average Bonchev–Trinajstić information content (AvgIpc) is 2.48. The van der Waals surface area contributed by atoms with E-state index in [1.165, 1.54) is 12.1 Å². The van der Waals surface area contributed by atoms with Crippen molar-refractivity contribution in [1.29, 1.82) is 0 Å². The molecule has 0 unspecified atom stereocenters. The summed E-state index contributed by atoms with van der Waals surface area (Å²) in [5.74, 6) is -0.319. The minimum Gasteiger partial charge on any atom is -0.392 e. The van der Waals surface area contributed by atoms with E-state index in [4.69, 9.17) is 0 Å². The second-order valence-electron chi connectivity index (χ2n) is 4.89. The molecule has 0 saturated heterocycles. The van der Waals surface area contributed by atoms with Crippen molar-refractivity contribution in [2.24, 2.45) is 0 Å². The van der Waals surface area contributed by atoms with Gasteiger partial charge >= 0.3 is 0 Å². The quantitative estimate of drug-likeness (QED) is 0.653. The normalized spacial score (nSPS) is 11.0. The Labute approximate surface area is 135 Å². The van der Waals surface area contributed by atoms with Crippen molar-refractivity contribution < 1.29 is 9.50 Å². The Morgan fingerprint density at radius 3 is 2.52 bits per heavy atom. The molecule has 1 heterocycles. The molecule has 0 spiro atoms. The third kappa shape index (κ3) is 2.65. The fourth-order valence-corrected chi connectivity index (χ4v) is 2.85. The van der Waals surface area contributed by atoms with Crippen LogP contribution < -0.4 is 0 Å². The van der Waals surface area contributed by atoms with Crippen LogP contribution in [-0.4, -0.2) is 10.1 Å². The number of aromatic nitrogens is 1. The van der Waals surface area contributed by atoms with E-state index in [1.807, 2.05) is 31.2 Å². The number of aliphatic hydroxyl groups excluding tert-OH is 1. The summed E-state index contributed by atoms with van der Waals surface area (Å²) in [6.45, 7) is 1.78. The van der Waals surface area contributed by atoms with E-state index in [0.717, 1.165) is 26.0 Å². The molecule has 0 aliphatic heterocycles. The van der Waals surface area contributed by atoms with E-state index in [2.05, 4.69) is 27.6 Å². The van der Waals surface area contributed by atoms with Crippen LogP contribution in [0.15, 0.2) is 42.5 Å². The third-order valence-corrected chi connectivity index (χ3v) is 4.32. The average molecular weight is 393 g/mol. The summed E-state index contributed by atoms with van der Waals surface area (Å²) in [6, 6.07) is 12.5. The van der Waals surface area contributed by atoms with E-state index >= 15 is 0 Å². The van der Waals surface area contributed by atoms with Crippen molar-refractivity contribution in [2.75, 3.05) is 0 Å². The molecule has 3 aromatic rings. The fraction of sp³-hybridized carbons (Fsp3) is 0.118. The predicted molar refractivity (Wildman–Crippen MR) is 90.5 cm³/mol. The van der Waals surface area contributed by atoms with Crippen LogP contribution in [0.25, 0.3) is 22.2 Å². The Balaban J connectivity index is 2.31. The second kappa shape index (κ2) is 5.69. The van der Waals surface area contributed by atoms with Gasteiger partial charge in [-0.3, -0.25) is 0 Å². The summed E-state index contributed by atoms with van der Waals surface area (Å²) >= 11 is 2.25. The molecule has 0 fully saturated rings. The zero-order valence-corrected chi connectivity index (χ0v) is 13.6. The van der Waals surface area contributed by atoms with Crippen LogP contribution in [0, 0.1) is 16.3 Å². The highest BCUT2D eigenvalue weighted by Gasteiger charge is 2.13. The van der Waals surface area contributed by atoms with Crippen LogP contribution in [0.5, 0.6) is 0 Å². The van der Waals surface area contributed by atoms with Crippen LogP contribution >= 0.6 is 22.6 Å². The number of rotatable bonds is 2. The lowest BCUT2D eigenvalue weighted by Crippen LogP contribution is -1.99. The van der Waals surface area contributed by atoms with Crippen LogP contribution in [0.2, 0.25) is 0 Å². The molecular weight excluding hydrogens is 380 g/mol. The number of benzene rings is 2. The molecule has 0 aliphatic rings. The van der Waals surface area contributed by atoms with Gasteiger partial charge in [0.2, 0.25) is 0 Å². The first kappa shape index (κ1) is 14.4. The summed E-state index contributed by atoms with van der Waals surface area (Å²) < 4.78 is 14.6. The maximum atomic E-state index is 13.4. The molecule has 21 heavy (non-hydrogen) atoms. The van der Waals surface area contributed by atoms with Gasteiger partial charge in [0.05, 0.1) is 17.8 Å². The molecule has 106 valence electrons. The van der Waals surface area contributed by atoms with Gasteiger partial charge in [0.1, 0.15) is 5.82 Å². The van der Waals surface area contributed by atoms with Crippen molar-refractivity contribution in [3.05, 3.63) is 63.0 Å². The number of hydrogen-bond acceptors (Lipinski definition) is 2. The molecule has 0 aliphatic carbocycles. The van der Waals surface area contributed by atoms with Crippen LogP contribution in [0.1, 0.15) is 11.1 Å². The minimum atomic E-state index is -0.319. The molecule has 1 aromatic heterocycles. The second-order valence-corrected chi connectivity index (χ2v) is 6.14. The highest BCUT2D eigenvalue weighted by molar-refractivity contribution is 14.1. The van der Waals surface area contributed by atoms with E-state index in [0.29, 0.717) is 10.9 Å². The summed E-state index contributed by atoms with van der Waals surface area (Å²) in [5, 5.41) is 10.3. The molecule has 2 aromatic carbocycles. The largest absolute Gasteiger partial charge is 0.392 e. The highest BCUT2D eigenvalue weighted by atomic mass is 127. The van der Waals surface area contributed by atoms with Crippen LogP contribution in [0.4, 0.5) is 4.39 Å². The molecule has 1 N–H and O–H groups in total. The summed E-state index contributed by atoms with van der Waals surface area (Å²) in [6.07, 6.45) is 0. The number of nitrogens with zero attached hydrogens (tertiary/aromatic N) is 1. The third-order valence-electron chi connectivity index (χ3n) is 3.60. The van der Waals surface area contributed by atoms with Crippen molar-refractivity contribution in [1.82, 2.24) is 4.98 Å². The Morgan fingerprint density at radius 1 is 1.14 bits per heavy atom. The van der Waals surface area contributed by atoms with Gasteiger partial charge in [-0.1, -0.05) is 12.1 Å². The van der Waals surface area contributed by atoms with Crippen molar-refractivity contribution >= 4 is 33.5 Å². The predicted octanol–water partition coefficient (Wildman–Crippen LogP) is 4.45. The van der Waals surface area contributed by atoms with E-state index in [9.17, 15) is 9.50 Å². The Kier molecular flexibility index (Phi) is 3.91. The van der Waals surface area contributed by atoms with E-state index < -0.39 is 0 Å². The van der Waals surface area contributed by atoms with Gasteiger partial charge in [0.25, 0.3) is 0 Å². The van der Waals surface area contributed by atoms with E-state index in [-0.39, 0.29) is 12.4 Å². The number of aliphatic hydroxyl groups is 1. The maximum absolute atomic E-state index is 13.4. The molecule has 0 bridgehead atoms. The zero-order chi connectivity index (χ0) is 15.0. The molecule has 0 amide bonds. The lowest BCUT2D eigenvalue weighted by Gasteiger charge is -2.13. The van der Waals surface area contributed by atoms with Gasteiger partial charge in [-0.2, -0.15) is 0 Å². The molecule has 0 saturated carbocycles. The first-order chi connectivity index (χ1) is 10.1. The number of halogens is 2. The number of pyridine rings is 1. The van der Waals surface area contributed by atoms with Gasteiger partial charge < -0.3 is 5.11 Å². The summed E-state index contributed by atoms with van der Waals surface area (Å²) in [4.78, 5) is 4.64. The Bertz CT molecular complexity index is 815. The van der Waals surface area contributed by atoms with Gasteiger partial charge in [0, 0.05) is 14.5 Å². The topological polar surface area (TPSA) is 33.1 Å². The fourth-order valence-electron chi connectivity index (χ4n) is 2.49. The SMILES string of the molecule is Cc1c(-c2ccc(I)cc2)nc2ccc(F)cc2c1CO. The highest BCUT2D eigenvalue weighted by Crippen LogP contribution is 2.30. The molecule has 4 heteroatoms.